The van der Waals surface area contributed by atoms with Gasteiger partial charge >= 0.3 is 0 Å². The van der Waals surface area contributed by atoms with Crippen molar-refractivity contribution in [2.24, 2.45) is 17.6 Å². The van der Waals surface area contributed by atoms with Crippen LogP contribution in [0.15, 0.2) is 0 Å². The molecule has 0 aromatic rings. The number of piperidine rings is 1. The largest absolute Gasteiger partial charge is 0.352 e. The molecule has 2 fully saturated rings. The van der Waals surface area contributed by atoms with Gasteiger partial charge in [0.25, 0.3) is 0 Å². The first kappa shape index (κ1) is 15.8. The van der Waals surface area contributed by atoms with Gasteiger partial charge in [-0.15, -0.1) is 0 Å². The van der Waals surface area contributed by atoms with Crippen molar-refractivity contribution >= 4 is 5.91 Å². The van der Waals surface area contributed by atoms with Gasteiger partial charge in [0.05, 0.1) is 0 Å². The highest BCUT2D eigenvalue weighted by Crippen LogP contribution is 2.30. The monoisotopic (exact) mass is 281 g/mol. The number of nitrogens with one attached hydrogen (secondary N) is 1. The number of amides is 1. The molecule has 0 spiro atoms. The maximum absolute atomic E-state index is 12.2. The molecule has 1 aliphatic carbocycles. The summed E-state index contributed by atoms with van der Waals surface area (Å²) in [7, 11) is 0. The van der Waals surface area contributed by atoms with Gasteiger partial charge in [-0.05, 0) is 70.0 Å². The number of nitrogens with two attached hydrogens (primary N) is 1. The Morgan fingerprint density at radius 2 is 1.90 bits per heavy atom. The van der Waals surface area contributed by atoms with Crippen molar-refractivity contribution in [1.82, 2.24) is 10.2 Å². The Morgan fingerprint density at radius 1 is 1.20 bits per heavy atom. The first-order valence-electron chi connectivity index (χ1n) is 8.43. The van der Waals surface area contributed by atoms with Gasteiger partial charge in [0.2, 0.25) is 5.91 Å². The van der Waals surface area contributed by atoms with Crippen LogP contribution in [0.5, 0.6) is 0 Å². The molecule has 4 nitrogen and oxygen atoms in total. The summed E-state index contributed by atoms with van der Waals surface area (Å²) in [5.41, 5.74) is 5.72. The molecule has 2 rings (SSSR count). The molecule has 1 saturated heterocycles. The molecule has 0 aromatic carbocycles. The average molecular weight is 281 g/mol. The Morgan fingerprint density at radius 3 is 2.55 bits per heavy atom. The van der Waals surface area contributed by atoms with Gasteiger partial charge in [0, 0.05) is 19.0 Å². The normalized spacial score (nSPS) is 32.0. The third-order valence-corrected chi connectivity index (χ3v) is 5.09. The van der Waals surface area contributed by atoms with E-state index in [0.717, 1.165) is 32.5 Å². The van der Waals surface area contributed by atoms with E-state index in [2.05, 4.69) is 17.1 Å². The van der Waals surface area contributed by atoms with E-state index < -0.39 is 0 Å². The Bertz CT molecular complexity index is 300. The number of likely N-dealkylation sites (N-methyl/N-ethyl adjacent to an activating group) is 1. The van der Waals surface area contributed by atoms with Crippen molar-refractivity contribution in [1.29, 1.82) is 0 Å². The predicted octanol–water partition coefficient (Wildman–Crippen LogP) is 1.74. The van der Waals surface area contributed by atoms with Crippen LogP contribution in [0.4, 0.5) is 0 Å². The van der Waals surface area contributed by atoms with E-state index in [-0.39, 0.29) is 5.91 Å². The second kappa shape index (κ2) is 7.99. The maximum Gasteiger partial charge on any atom is 0.220 e. The molecule has 1 unspecified atom stereocenters. The first-order chi connectivity index (χ1) is 9.71. The number of nitrogens with zero attached hydrogens (tertiary/aromatic N) is 1. The molecule has 2 aliphatic rings. The third-order valence-electron chi connectivity index (χ3n) is 5.09. The minimum Gasteiger partial charge on any atom is -0.352 e. The molecule has 1 saturated carbocycles. The summed E-state index contributed by atoms with van der Waals surface area (Å²) >= 11 is 0. The Kier molecular flexibility index (Phi) is 6.30. The van der Waals surface area contributed by atoms with Crippen LogP contribution >= 0.6 is 0 Å². The topological polar surface area (TPSA) is 58.4 Å². The Labute approximate surface area is 123 Å². The second-order valence-electron chi connectivity index (χ2n) is 6.63. The minimum absolute atomic E-state index is 0.268. The predicted molar refractivity (Wildman–Crippen MR) is 82.4 cm³/mol. The van der Waals surface area contributed by atoms with Crippen LogP contribution in [0.1, 0.15) is 51.9 Å². The van der Waals surface area contributed by atoms with Crippen molar-refractivity contribution in [3.05, 3.63) is 0 Å². The molecule has 1 aliphatic heterocycles. The van der Waals surface area contributed by atoms with E-state index in [0.29, 0.717) is 17.9 Å². The van der Waals surface area contributed by atoms with E-state index in [1.54, 1.807) is 0 Å². The lowest BCUT2D eigenvalue weighted by atomic mass is 9.80. The minimum atomic E-state index is 0.268. The van der Waals surface area contributed by atoms with Crippen LogP contribution in [-0.4, -0.2) is 43.0 Å². The van der Waals surface area contributed by atoms with Gasteiger partial charge in [0.1, 0.15) is 0 Å². The zero-order chi connectivity index (χ0) is 14.4. The SMILES string of the molecule is CCN1CCCC(NC(=O)CC2CCC(CN)CC2)C1. The standard InChI is InChI=1S/C16H31N3O/c1-2-19-9-3-4-15(12-19)18-16(20)10-13-5-7-14(11-17)8-6-13/h13-15H,2-12,17H2,1H3,(H,18,20). The fourth-order valence-corrected chi connectivity index (χ4v) is 3.68. The number of carbonyl (C=O) groups is 1. The molecule has 0 radical (unpaired) electrons. The highest BCUT2D eigenvalue weighted by atomic mass is 16.1. The summed E-state index contributed by atoms with van der Waals surface area (Å²) in [6.45, 7) is 6.32. The number of rotatable bonds is 5. The molecule has 1 atom stereocenters. The van der Waals surface area contributed by atoms with Gasteiger partial charge < -0.3 is 16.0 Å². The van der Waals surface area contributed by atoms with Crippen molar-refractivity contribution in [3.63, 3.8) is 0 Å². The third kappa shape index (κ3) is 4.74. The summed E-state index contributed by atoms with van der Waals surface area (Å²) in [4.78, 5) is 14.6. The first-order valence-corrected chi connectivity index (χ1v) is 8.43. The van der Waals surface area contributed by atoms with Crippen molar-refractivity contribution in [2.75, 3.05) is 26.2 Å². The van der Waals surface area contributed by atoms with Crippen LogP contribution in [0.2, 0.25) is 0 Å². The summed E-state index contributed by atoms with van der Waals surface area (Å²) in [6, 6.07) is 0.372. The van der Waals surface area contributed by atoms with E-state index >= 15 is 0 Å². The summed E-state index contributed by atoms with van der Waals surface area (Å²) in [5.74, 6) is 1.55. The summed E-state index contributed by atoms with van der Waals surface area (Å²) in [5, 5.41) is 3.25. The summed E-state index contributed by atoms with van der Waals surface area (Å²) in [6.07, 6.45) is 7.85. The van der Waals surface area contributed by atoms with Crippen LogP contribution in [0.25, 0.3) is 0 Å². The zero-order valence-electron chi connectivity index (χ0n) is 12.9. The zero-order valence-corrected chi connectivity index (χ0v) is 12.9. The van der Waals surface area contributed by atoms with E-state index in [1.165, 1.54) is 38.6 Å². The number of likely N-dealkylation sites (tertiary alicyclic amines) is 1. The van der Waals surface area contributed by atoms with Crippen molar-refractivity contribution in [3.8, 4) is 0 Å². The lowest BCUT2D eigenvalue weighted by Crippen LogP contribution is -2.47. The van der Waals surface area contributed by atoms with E-state index in [1.807, 2.05) is 0 Å². The van der Waals surface area contributed by atoms with E-state index in [9.17, 15) is 4.79 Å². The second-order valence-corrected chi connectivity index (χ2v) is 6.63. The molecule has 3 N–H and O–H groups in total. The lowest BCUT2D eigenvalue weighted by molar-refractivity contribution is -0.123. The van der Waals surface area contributed by atoms with E-state index in [4.69, 9.17) is 5.73 Å². The van der Waals surface area contributed by atoms with Crippen LogP contribution in [-0.2, 0) is 4.79 Å². The lowest BCUT2D eigenvalue weighted by Gasteiger charge is -2.33. The quantitative estimate of drug-likeness (QED) is 0.807. The molecule has 1 heterocycles. The fourth-order valence-electron chi connectivity index (χ4n) is 3.68. The highest BCUT2D eigenvalue weighted by molar-refractivity contribution is 5.76. The Balaban J connectivity index is 1.67. The molecule has 0 aromatic heterocycles. The molecule has 4 heteroatoms. The number of hydrogen-bond acceptors (Lipinski definition) is 3. The maximum atomic E-state index is 12.2. The number of hydrogen-bond donors (Lipinski definition) is 2. The molecule has 1 amide bonds. The van der Waals surface area contributed by atoms with Gasteiger partial charge in [-0.3, -0.25) is 4.79 Å². The average Bonchev–Trinajstić information content (AvgIpc) is 2.48. The van der Waals surface area contributed by atoms with Crippen LogP contribution < -0.4 is 11.1 Å². The van der Waals surface area contributed by atoms with Crippen LogP contribution in [0, 0.1) is 11.8 Å². The Hall–Kier alpha value is -0.610. The van der Waals surface area contributed by atoms with Gasteiger partial charge in [-0.2, -0.15) is 0 Å². The highest BCUT2D eigenvalue weighted by Gasteiger charge is 2.24. The molecule has 116 valence electrons. The van der Waals surface area contributed by atoms with Gasteiger partial charge in [0.15, 0.2) is 0 Å². The molecule has 0 bridgehead atoms. The van der Waals surface area contributed by atoms with Gasteiger partial charge in [-0.1, -0.05) is 6.92 Å². The van der Waals surface area contributed by atoms with Crippen molar-refractivity contribution < 1.29 is 4.79 Å². The molecular formula is C16H31N3O. The molecular weight excluding hydrogens is 250 g/mol. The smallest absolute Gasteiger partial charge is 0.220 e. The summed E-state index contributed by atoms with van der Waals surface area (Å²) < 4.78 is 0. The van der Waals surface area contributed by atoms with Gasteiger partial charge in [-0.25, -0.2) is 0 Å². The fraction of sp³-hybridized carbons (Fsp3) is 0.938. The molecule has 20 heavy (non-hydrogen) atoms. The van der Waals surface area contributed by atoms with Crippen LogP contribution in [0.3, 0.4) is 0 Å². The number of carbonyl (C=O) groups excluding carboxylic acids is 1. The van der Waals surface area contributed by atoms with Crippen molar-refractivity contribution in [2.45, 2.75) is 57.9 Å².